The first-order chi connectivity index (χ1) is 12.3. The monoisotopic (exact) mass is 377 g/mol. The van der Waals surface area contributed by atoms with Gasteiger partial charge in [-0.3, -0.25) is 9.59 Å². The van der Waals surface area contributed by atoms with E-state index in [4.69, 9.17) is 0 Å². The van der Waals surface area contributed by atoms with Gasteiger partial charge in [-0.1, -0.05) is 42.5 Å². The van der Waals surface area contributed by atoms with Crippen LogP contribution >= 0.6 is 11.3 Å². The fourth-order valence-corrected chi connectivity index (χ4v) is 3.62. The molecule has 26 heavy (non-hydrogen) atoms. The Kier molecular flexibility index (Phi) is 4.82. The molecule has 0 fully saturated rings. The molecule has 2 aromatic carbocycles. The third kappa shape index (κ3) is 3.62. The van der Waals surface area contributed by atoms with Gasteiger partial charge in [-0.2, -0.15) is 13.2 Å². The van der Waals surface area contributed by atoms with E-state index < -0.39 is 22.7 Å². The van der Waals surface area contributed by atoms with Crippen molar-refractivity contribution in [1.82, 2.24) is 4.90 Å². The molecule has 0 radical (unpaired) electrons. The van der Waals surface area contributed by atoms with Crippen LogP contribution in [0.25, 0.3) is 10.8 Å². The van der Waals surface area contributed by atoms with Gasteiger partial charge in [0, 0.05) is 13.6 Å². The lowest BCUT2D eigenvalue weighted by atomic mass is 10.0. The van der Waals surface area contributed by atoms with E-state index in [9.17, 15) is 22.8 Å². The summed E-state index contributed by atoms with van der Waals surface area (Å²) in [4.78, 5) is 24.8. The molecule has 7 heteroatoms. The highest BCUT2D eigenvalue weighted by Gasteiger charge is 2.40. The van der Waals surface area contributed by atoms with Crippen LogP contribution in [0.15, 0.2) is 54.6 Å². The SMILES string of the molecule is CN(Cc1cccc2ccccc12)C(=O)c1ccc(C(=O)C(F)(F)F)s1. The first-order valence-electron chi connectivity index (χ1n) is 7.71. The number of rotatable bonds is 4. The van der Waals surface area contributed by atoms with Gasteiger partial charge < -0.3 is 4.90 Å². The molecule has 0 spiro atoms. The number of amides is 1. The molecule has 0 atom stereocenters. The number of hydrogen-bond acceptors (Lipinski definition) is 3. The van der Waals surface area contributed by atoms with Gasteiger partial charge in [-0.05, 0) is 28.5 Å². The van der Waals surface area contributed by atoms with Gasteiger partial charge in [-0.15, -0.1) is 11.3 Å². The zero-order chi connectivity index (χ0) is 18.9. The molecule has 134 valence electrons. The number of thiophene rings is 1. The lowest BCUT2D eigenvalue weighted by Gasteiger charge is -2.17. The maximum atomic E-state index is 12.5. The summed E-state index contributed by atoms with van der Waals surface area (Å²) in [5, 5.41) is 2.05. The van der Waals surface area contributed by atoms with Crippen LogP contribution in [-0.4, -0.2) is 29.8 Å². The number of Topliss-reactive ketones (excluding diaryl/α,β-unsaturated/α-hetero) is 1. The van der Waals surface area contributed by atoms with Crippen LogP contribution in [0.3, 0.4) is 0 Å². The Hall–Kier alpha value is -2.67. The van der Waals surface area contributed by atoms with Gasteiger partial charge in [0.2, 0.25) is 0 Å². The van der Waals surface area contributed by atoms with Crippen molar-refractivity contribution >= 4 is 33.8 Å². The minimum atomic E-state index is -4.94. The predicted octanol–water partition coefficient (Wildman–Crippen LogP) is 4.92. The summed E-state index contributed by atoms with van der Waals surface area (Å²) in [5.41, 5.74) is 0.932. The molecule has 1 amide bonds. The van der Waals surface area contributed by atoms with Gasteiger partial charge in [0.05, 0.1) is 9.75 Å². The number of halogens is 3. The Labute approximate surface area is 151 Å². The van der Waals surface area contributed by atoms with Gasteiger partial charge in [0.1, 0.15) is 0 Å². The molecular formula is C19H14F3NO2S. The number of carbonyl (C=O) groups is 2. The van der Waals surface area contributed by atoms with E-state index in [-0.39, 0.29) is 4.88 Å². The van der Waals surface area contributed by atoms with Crippen LogP contribution in [0, 0.1) is 0 Å². The molecular weight excluding hydrogens is 363 g/mol. The molecule has 1 heterocycles. The highest BCUT2D eigenvalue weighted by molar-refractivity contribution is 7.16. The smallest absolute Gasteiger partial charge is 0.337 e. The minimum absolute atomic E-state index is 0.0975. The van der Waals surface area contributed by atoms with Crippen LogP contribution in [-0.2, 0) is 6.54 Å². The van der Waals surface area contributed by atoms with Crippen molar-refractivity contribution in [3.63, 3.8) is 0 Å². The van der Waals surface area contributed by atoms with Crippen molar-refractivity contribution in [2.75, 3.05) is 7.05 Å². The zero-order valence-corrected chi connectivity index (χ0v) is 14.5. The molecule has 0 aliphatic carbocycles. The first-order valence-corrected chi connectivity index (χ1v) is 8.52. The van der Waals surface area contributed by atoms with Crippen LogP contribution in [0.1, 0.15) is 24.9 Å². The van der Waals surface area contributed by atoms with Crippen molar-refractivity contribution in [2.45, 2.75) is 12.7 Å². The number of nitrogens with zero attached hydrogens (tertiary/aromatic N) is 1. The highest BCUT2D eigenvalue weighted by atomic mass is 32.1. The summed E-state index contributed by atoms with van der Waals surface area (Å²) < 4.78 is 37.5. The molecule has 0 N–H and O–H groups in total. The Morgan fingerprint density at radius 3 is 2.35 bits per heavy atom. The van der Waals surface area contributed by atoms with Gasteiger partial charge in [0.25, 0.3) is 11.7 Å². The second kappa shape index (κ2) is 6.92. The largest absolute Gasteiger partial charge is 0.455 e. The average Bonchev–Trinajstić information content (AvgIpc) is 3.09. The van der Waals surface area contributed by atoms with Crippen LogP contribution in [0.2, 0.25) is 0 Å². The van der Waals surface area contributed by atoms with E-state index in [2.05, 4.69) is 0 Å². The second-order valence-electron chi connectivity index (χ2n) is 5.79. The third-order valence-electron chi connectivity index (χ3n) is 3.93. The Morgan fingerprint density at radius 2 is 1.62 bits per heavy atom. The lowest BCUT2D eigenvalue weighted by Crippen LogP contribution is -2.25. The number of carbonyl (C=O) groups excluding carboxylic acids is 2. The predicted molar refractivity (Wildman–Crippen MR) is 94.5 cm³/mol. The minimum Gasteiger partial charge on any atom is -0.337 e. The van der Waals surface area contributed by atoms with Crippen molar-refractivity contribution in [2.24, 2.45) is 0 Å². The van der Waals surface area contributed by atoms with E-state index >= 15 is 0 Å². The fraction of sp³-hybridized carbons (Fsp3) is 0.158. The van der Waals surface area contributed by atoms with Crippen molar-refractivity contribution in [1.29, 1.82) is 0 Å². The molecule has 0 bridgehead atoms. The van der Waals surface area contributed by atoms with Gasteiger partial charge in [0.15, 0.2) is 0 Å². The molecule has 0 saturated heterocycles. The quantitative estimate of drug-likeness (QED) is 0.606. The number of hydrogen-bond donors (Lipinski definition) is 0. The lowest BCUT2D eigenvalue weighted by molar-refractivity contribution is -0.0882. The Morgan fingerprint density at radius 1 is 0.962 bits per heavy atom. The fourth-order valence-electron chi connectivity index (χ4n) is 2.66. The maximum Gasteiger partial charge on any atom is 0.455 e. The summed E-state index contributed by atoms with van der Waals surface area (Å²) in [6.45, 7) is 0.306. The molecule has 0 unspecified atom stereocenters. The Bertz CT molecular complexity index is 973. The molecule has 3 aromatic rings. The summed E-state index contributed by atoms with van der Waals surface area (Å²) in [7, 11) is 1.58. The number of fused-ring (bicyclic) bond motifs is 1. The summed E-state index contributed by atoms with van der Waals surface area (Å²) in [6.07, 6.45) is -4.94. The number of benzene rings is 2. The Balaban J connectivity index is 1.80. The van der Waals surface area contributed by atoms with Gasteiger partial charge in [-0.25, -0.2) is 0 Å². The molecule has 3 rings (SSSR count). The number of alkyl halides is 3. The van der Waals surface area contributed by atoms with Crippen LogP contribution in [0.5, 0.6) is 0 Å². The molecule has 0 saturated carbocycles. The molecule has 3 nitrogen and oxygen atoms in total. The van der Waals surface area contributed by atoms with E-state index in [1.54, 1.807) is 7.05 Å². The maximum absolute atomic E-state index is 12.5. The van der Waals surface area contributed by atoms with E-state index in [1.807, 2.05) is 42.5 Å². The summed E-state index contributed by atoms with van der Waals surface area (Å²) in [5.74, 6) is -2.36. The van der Waals surface area contributed by atoms with Crippen molar-refractivity contribution in [3.8, 4) is 0 Å². The average molecular weight is 377 g/mol. The summed E-state index contributed by atoms with van der Waals surface area (Å²) >= 11 is 0.558. The zero-order valence-electron chi connectivity index (χ0n) is 13.7. The van der Waals surface area contributed by atoms with Crippen LogP contribution in [0.4, 0.5) is 13.2 Å². The van der Waals surface area contributed by atoms with Gasteiger partial charge >= 0.3 is 6.18 Å². The van der Waals surface area contributed by atoms with Crippen molar-refractivity contribution in [3.05, 3.63) is 69.9 Å². The standard InChI is InChI=1S/C19H14F3NO2S/c1-23(11-13-7-4-6-12-5-2-3-8-14(12)13)18(25)16-10-9-15(26-16)17(24)19(20,21)22/h2-10H,11H2,1H3. The van der Waals surface area contributed by atoms with Crippen molar-refractivity contribution < 1.29 is 22.8 Å². The molecule has 0 aliphatic rings. The second-order valence-corrected chi connectivity index (χ2v) is 6.87. The topological polar surface area (TPSA) is 37.4 Å². The number of ketones is 1. The molecule has 1 aromatic heterocycles. The van der Waals surface area contributed by atoms with E-state index in [1.165, 1.54) is 11.0 Å². The normalized spacial score (nSPS) is 11.5. The highest BCUT2D eigenvalue weighted by Crippen LogP contribution is 2.27. The third-order valence-corrected chi connectivity index (χ3v) is 5.00. The van der Waals surface area contributed by atoms with Crippen LogP contribution < -0.4 is 0 Å². The molecule has 0 aliphatic heterocycles. The summed E-state index contributed by atoms with van der Waals surface area (Å²) in [6, 6.07) is 15.8. The van der Waals surface area contributed by atoms with E-state index in [0.717, 1.165) is 22.4 Å². The van der Waals surface area contributed by atoms with E-state index in [0.29, 0.717) is 17.9 Å². The first kappa shape index (κ1) is 18.1.